The average molecular weight is 273 g/mol. The number of ether oxygens (including phenoxy) is 3. The zero-order valence-corrected chi connectivity index (χ0v) is 10.3. The maximum Gasteiger partial charge on any atom is 0.126 e. The molecule has 4 heteroatoms. The van der Waals surface area contributed by atoms with Crippen LogP contribution >= 0.6 is 15.9 Å². The quantitative estimate of drug-likeness (QED) is 0.789. The molecule has 1 aromatic carbocycles. The van der Waals surface area contributed by atoms with E-state index in [4.69, 9.17) is 14.2 Å². The summed E-state index contributed by atoms with van der Waals surface area (Å²) in [6.45, 7) is 0.836. The number of methoxy groups -OCH3 is 2. The van der Waals surface area contributed by atoms with Crippen molar-refractivity contribution in [3.05, 3.63) is 22.2 Å². The molecule has 1 atom stereocenters. The van der Waals surface area contributed by atoms with E-state index < -0.39 is 0 Å². The van der Waals surface area contributed by atoms with Crippen molar-refractivity contribution in [2.24, 2.45) is 0 Å². The van der Waals surface area contributed by atoms with Gasteiger partial charge < -0.3 is 14.2 Å². The van der Waals surface area contributed by atoms with E-state index in [-0.39, 0.29) is 0 Å². The highest BCUT2D eigenvalue weighted by Gasteiger charge is 2.26. The van der Waals surface area contributed by atoms with Crippen LogP contribution in [0.4, 0.5) is 0 Å². The molecule has 0 bridgehead atoms. The van der Waals surface area contributed by atoms with Crippen LogP contribution in [0.25, 0.3) is 0 Å². The summed E-state index contributed by atoms with van der Waals surface area (Å²) in [4.78, 5) is 0. The Morgan fingerprint density at radius 3 is 2.27 bits per heavy atom. The second-order valence-corrected chi connectivity index (χ2v) is 4.36. The molecule has 1 aliphatic heterocycles. The molecule has 0 amide bonds. The third-order valence-electron chi connectivity index (χ3n) is 2.41. The first-order valence-corrected chi connectivity index (χ1v) is 5.56. The normalized spacial score (nSPS) is 18.7. The third kappa shape index (κ3) is 2.44. The van der Waals surface area contributed by atoms with E-state index in [1.807, 2.05) is 12.1 Å². The van der Waals surface area contributed by atoms with Crippen molar-refractivity contribution >= 4 is 15.9 Å². The fraction of sp³-hybridized carbons (Fsp3) is 0.455. The molecule has 3 nitrogen and oxygen atoms in total. The number of benzene rings is 1. The maximum atomic E-state index is 5.33. The Labute approximate surface area is 97.5 Å². The summed E-state index contributed by atoms with van der Waals surface area (Å²) in [5.74, 6) is 1.69. The van der Waals surface area contributed by atoms with Gasteiger partial charge in [0.15, 0.2) is 0 Å². The van der Waals surface area contributed by atoms with Crippen LogP contribution in [0.5, 0.6) is 11.5 Å². The van der Waals surface area contributed by atoms with E-state index >= 15 is 0 Å². The second-order valence-electron chi connectivity index (χ2n) is 3.45. The van der Waals surface area contributed by atoms with Gasteiger partial charge in [0.25, 0.3) is 0 Å². The lowest BCUT2D eigenvalue weighted by atomic mass is 10.1. The van der Waals surface area contributed by atoms with Crippen LogP contribution in [0.1, 0.15) is 5.56 Å². The minimum atomic E-state index is 0.328. The van der Waals surface area contributed by atoms with Gasteiger partial charge in [0.2, 0.25) is 0 Å². The molecule has 0 saturated carbocycles. The van der Waals surface area contributed by atoms with Crippen LogP contribution in [0, 0.1) is 0 Å². The monoisotopic (exact) mass is 272 g/mol. The topological polar surface area (TPSA) is 31.0 Å². The molecular weight excluding hydrogens is 260 g/mol. The number of epoxide rings is 1. The predicted molar refractivity (Wildman–Crippen MR) is 60.7 cm³/mol. The second kappa shape index (κ2) is 4.41. The van der Waals surface area contributed by atoms with Crippen LogP contribution in [0.15, 0.2) is 16.6 Å². The van der Waals surface area contributed by atoms with Crippen LogP contribution < -0.4 is 9.47 Å². The highest BCUT2D eigenvalue weighted by molar-refractivity contribution is 9.10. The van der Waals surface area contributed by atoms with Crippen LogP contribution in [-0.2, 0) is 11.2 Å². The van der Waals surface area contributed by atoms with Crippen molar-refractivity contribution in [3.8, 4) is 11.5 Å². The largest absolute Gasteiger partial charge is 0.496 e. The van der Waals surface area contributed by atoms with Gasteiger partial charge in [-0.15, -0.1) is 0 Å². The number of hydrogen-bond donors (Lipinski definition) is 0. The Hall–Kier alpha value is -0.740. The maximum absolute atomic E-state index is 5.33. The van der Waals surface area contributed by atoms with Crippen molar-refractivity contribution < 1.29 is 14.2 Å². The van der Waals surface area contributed by atoms with E-state index in [1.165, 1.54) is 0 Å². The molecule has 0 spiro atoms. The zero-order chi connectivity index (χ0) is 10.8. The van der Waals surface area contributed by atoms with Gasteiger partial charge >= 0.3 is 0 Å². The van der Waals surface area contributed by atoms with Crippen molar-refractivity contribution in [2.75, 3.05) is 20.8 Å². The Bertz CT molecular complexity index is 336. The molecule has 0 N–H and O–H groups in total. The van der Waals surface area contributed by atoms with E-state index in [9.17, 15) is 0 Å². The van der Waals surface area contributed by atoms with Crippen molar-refractivity contribution in [2.45, 2.75) is 12.5 Å². The fourth-order valence-corrected chi connectivity index (χ4v) is 1.98. The number of rotatable bonds is 4. The van der Waals surface area contributed by atoms with Gasteiger partial charge in [-0.25, -0.2) is 0 Å². The molecule has 0 aliphatic carbocycles. The Balaban J connectivity index is 2.36. The molecule has 0 aromatic heterocycles. The van der Waals surface area contributed by atoms with Crippen LogP contribution in [-0.4, -0.2) is 26.9 Å². The summed E-state index contributed by atoms with van der Waals surface area (Å²) in [7, 11) is 3.33. The van der Waals surface area contributed by atoms with E-state index in [0.717, 1.165) is 34.6 Å². The summed E-state index contributed by atoms with van der Waals surface area (Å²) in [5, 5.41) is 0. The highest BCUT2D eigenvalue weighted by atomic mass is 79.9. The van der Waals surface area contributed by atoms with Gasteiger partial charge in [-0.3, -0.25) is 0 Å². The molecule has 1 aromatic rings. The number of hydrogen-bond acceptors (Lipinski definition) is 3. The smallest absolute Gasteiger partial charge is 0.126 e. The minimum Gasteiger partial charge on any atom is -0.496 e. The summed E-state index contributed by atoms with van der Waals surface area (Å²) < 4.78 is 16.8. The third-order valence-corrected chi connectivity index (χ3v) is 2.86. The summed E-state index contributed by atoms with van der Waals surface area (Å²) >= 11 is 3.42. The lowest BCUT2D eigenvalue weighted by Crippen LogP contribution is -2.01. The molecule has 0 radical (unpaired) electrons. The van der Waals surface area contributed by atoms with E-state index in [0.29, 0.717) is 6.10 Å². The predicted octanol–water partition coefficient (Wildman–Crippen LogP) is 2.41. The molecule has 1 saturated heterocycles. The molecule has 2 rings (SSSR count). The van der Waals surface area contributed by atoms with E-state index in [2.05, 4.69) is 15.9 Å². The first kappa shape index (κ1) is 10.8. The van der Waals surface area contributed by atoms with Gasteiger partial charge in [0.1, 0.15) is 11.5 Å². The van der Waals surface area contributed by atoms with Crippen molar-refractivity contribution in [1.82, 2.24) is 0 Å². The lowest BCUT2D eigenvalue weighted by molar-refractivity contribution is 0.370. The van der Waals surface area contributed by atoms with Gasteiger partial charge in [0.05, 0.1) is 26.9 Å². The number of halogens is 1. The molecule has 1 unspecified atom stereocenters. The Morgan fingerprint density at radius 1 is 1.33 bits per heavy atom. The first-order chi connectivity index (χ1) is 7.24. The SMILES string of the molecule is COc1cc(Br)cc(OC)c1CC1CO1. The Kier molecular flexibility index (Phi) is 3.17. The minimum absolute atomic E-state index is 0.328. The molecule has 15 heavy (non-hydrogen) atoms. The summed E-state index contributed by atoms with van der Waals surface area (Å²) in [6.07, 6.45) is 1.17. The zero-order valence-electron chi connectivity index (χ0n) is 8.75. The van der Waals surface area contributed by atoms with Gasteiger partial charge in [-0.05, 0) is 12.1 Å². The molecule has 1 fully saturated rings. The summed E-state index contributed by atoms with van der Waals surface area (Å²) in [6, 6.07) is 3.89. The van der Waals surface area contributed by atoms with E-state index in [1.54, 1.807) is 14.2 Å². The van der Waals surface area contributed by atoms with Crippen LogP contribution in [0.3, 0.4) is 0 Å². The Morgan fingerprint density at radius 2 is 1.87 bits per heavy atom. The highest BCUT2D eigenvalue weighted by Crippen LogP contribution is 2.35. The average Bonchev–Trinajstić information content (AvgIpc) is 3.03. The molecule has 82 valence electrons. The first-order valence-electron chi connectivity index (χ1n) is 4.76. The molecule has 1 aliphatic rings. The molecule has 1 heterocycles. The van der Waals surface area contributed by atoms with Crippen molar-refractivity contribution in [3.63, 3.8) is 0 Å². The standard InChI is InChI=1S/C11H13BrO3/c1-13-10-3-7(12)4-11(14-2)9(10)5-8-6-15-8/h3-4,8H,5-6H2,1-2H3. The lowest BCUT2D eigenvalue weighted by Gasteiger charge is -2.12. The fourth-order valence-electron chi connectivity index (χ4n) is 1.57. The van der Waals surface area contributed by atoms with Gasteiger partial charge in [-0.2, -0.15) is 0 Å². The van der Waals surface area contributed by atoms with Crippen molar-refractivity contribution in [1.29, 1.82) is 0 Å². The van der Waals surface area contributed by atoms with Gasteiger partial charge in [0, 0.05) is 16.5 Å². The van der Waals surface area contributed by atoms with Crippen LogP contribution in [0.2, 0.25) is 0 Å². The molecular formula is C11H13BrO3. The summed E-state index contributed by atoms with van der Waals surface area (Å²) in [5.41, 5.74) is 1.07. The van der Waals surface area contributed by atoms with Gasteiger partial charge in [-0.1, -0.05) is 15.9 Å².